The summed E-state index contributed by atoms with van der Waals surface area (Å²) in [6.07, 6.45) is -0.723. The molecule has 0 radical (unpaired) electrons. The molecule has 3 aromatic rings. The fourth-order valence-corrected chi connectivity index (χ4v) is 4.03. The molecule has 0 fully saturated rings. The van der Waals surface area contributed by atoms with Gasteiger partial charge in [-0.2, -0.15) is 0 Å². The van der Waals surface area contributed by atoms with Gasteiger partial charge in [0.05, 0.1) is 5.56 Å². The van der Waals surface area contributed by atoms with E-state index in [1.165, 1.54) is 18.2 Å². The number of hydrogen-bond donors (Lipinski definition) is 3. The van der Waals surface area contributed by atoms with Crippen LogP contribution in [0.5, 0.6) is 0 Å². The zero-order valence-electron chi connectivity index (χ0n) is 16.8. The largest absolute Gasteiger partial charge is 0.478 e. The average molecular weight is 451 g/mol. The number of rotatable bonds is 6. The normalized spacial score (nSPS) is 11.9. The van der Waals surface area contributed by atoms with E-state index >= 15 is 0 Å². The number of alkyl carbamates (subject to hydrolysis) is 1. The summed E-state index contributed by atoms with van der Waals surface area (Å²) in [5, 5.41) is 14.1. The van der Waals surface area contributed by atoms with Crippen molar-refractivity contribution in [3.8, 4) is 11.1 Å². The Morgan fingerprint density at radius 1 is 0.938 bits per heavy atom. The third-order valence-electron chi connectivity index (χ3n) is 5.17. The Balaban J connectivity index is 1.32. The minimum Gasteiger partial charge on any atom is -0.478 e. The van der Waals surface area contributed by atoms with E-state index in [1.807, 2.05) is 48.5 Å². The van der Waals surface area contributed by atoms with Crippen molar-refractivity contribution in [2.75, 3.05) is 18.5 Å². The molecule has 8 heteroatoms. The molecule has 0 atom stereocenters. The van der Waals surface area contributed by atoms with Crippen LogP contribution in [0.3, 0.4) is 0 Å². The number of carboxylic acids is 1. The van der Waals surface area contributed by atoms with Gasteiger partial charge in [-0.1, -0.05) is 60.1 Å². The Morgan fingerprint density at radius 2 is 1.56 bits per heavy atom. The number of amides is 2. The molecule has 0 heterocycles. The highest BCUT2D eigenvalue weighted by molar-refractivity contribution is 6.31. The van der Waals surface area contributed by atoms with Gasteiger partial charge in [-0.3, -0.25) is 4.79 Å². The number of benzene rings is 3. The van der Waals surface area contributed by atoms with E-state index in [2.05, 4.69) is 10.6 Å². The fraction of sp³-hybridized carbons (Fsp3) is 0.125. The first-order valence-corrected chi connectivity index (χ1v) is 10.2. The number of carbonyl (C=O) groups is 3. The standard InChI is InChI=1S/C24H19ClN2O5/c25-15-9-14(23(29)30)10-16(11-15)27-22(28)12-26-24(31)32-13-21-19-7-3-1-5-17(19)18-6-2-4-8-20(18)21/h1-11,21H,12-13H2,(H,26,31)(H,27,28)(H,29,30). The first kappa shape index (κ1) is 21.4. The van der Waals surface area contributed by atoms with E-state index in [0.29, 0.717) is 0 Å². The van der Waals surface area contributed by atoms with E-state index < -0.39 is 18.0 Å². The lowest BCUT2D eigenvalue weighted by Gasteiger charge is -2.14. The molecule has 32 heavy (non-hydrogen) atoms. The van der Waals surface area contributed by atoms with E-state index in [4.69, 9.17) is 21.4 Å². The van der Waals surface area contributed by atoms with Crippen LogP contribution in [-0.2, 0) is 9.53 Å². The van der Waals surface area contributed by atoms with Crippen LogP contribution in [0.4, 0.5) is 10.5 Å². The Bertz CT molecular complexity index is 1160. The molecule has 162 valence electrons. The minimum atomic E-state index is -1.17. The molecule has 1 aliphatic carbocycles. The molecule has 0 saturated carbocycles. The number of ether oxygens (including phenoxy) is 1. The van der Waals surface area contributed by atoms with E-state index in [9.17, 15) is 14.4 Å². The molecule has 0 bridgehead atoms. The summed E-state index contributed by atoms with van der Waals surface area (Å²) in [6, 6.07) is 20.0. The zero-order chi connectivity index (χ0) is 22.7. The van der Waals surface area contributed by atoms with Crippen LogP contribution in [0.25, 0.3) is 11.1 Å². The first-order valence-electron chi connectivity index (χ1n) is 9.85. The average Bonchev–Trinajstić information content (AvgIpc) is 3.09. The predicted molar refractivity (Wildman–Crippen MR) is 120 cm³/mol. The SMILES string of the molecule is O=C(CNC(=O)OCC1c2ccccc2-c2ccccc21)Nc1cc(Cl)cc(C(=O)O)c1. The van der Waals surface area contributed by atoms with Crippen molar-refractivity contribution >= 4 is 35.3 Å². The molecule has 3 aromatic carbocycles. The molecule has 0 unspecified atom stereocenters. The quantitative estimate of drug-likeness (QED) is 0.512. The second kappa shape index (κ2) is 9.11. The number of anilines is 1. The maximum Gasteiger partial charge on any atom is 0.407 e. The summed E-state index contributed by atoms with van der Waals surface area (Å²) in [6.45, 7) is -0.205. The number of halogens is 1. The van der Waals surface area contributed by atoms with Gasteiger partial charge in [-0.15, -0.1) is 0 Å². The summed E-state index contributed by atoms with van der Waals surface area (Å²) in [5.74, 6) is -1.79. The smallest absolute Gasteiger partial charge is 0.407 e. The van der Waals surface area contributed by atoms with Crippen molar-refractivity contribution in [2.45, 2.75) is 5.92 Å². The van der Waals surface area contributed by atoms with E-state index in [1.54, 1.807) is 0 Å². The summed E-state index contributed by atoms with van der Waals surface area (Å²) in [5.41, 5.74) is 4.59. The van der Waals surface area contributed by atoms with Crippen LogP contribution in [0.1, 0.15) is 27.4 Å². The highest BCUT2D eigenvalue weighted by atomic mass is 35.5. The van der Waals surface area contributed by atoms with Gasteiger partial charge in [0.1, 0.15) is 13.2 Å². The highest BCUT2D eigenvalue weighted by Gasteiger charge is 2.29. The number of aromatic carboxylic acids is 1. The number of nitrogens with one attached hydrogen (secondary N) is 2. The molecular weight excluding hydrogens is 432 g/mol. The summed E-state index contributed by atoms with van der Waals surface area (Å²) >= 11 is 5.88. The Morgan fingerprint density at radius 3 is 2.19 bits per heavy atom. The van der Waals surface area contributed by atoms with Gasteiger partial charge in [0.25, 0.3) is 0 Å². The van der Waals surface area contributed by atoms with Crippen LogP contribution in [0.15, 0.2) is 66.7 Å². The monoisotopic (exact) mass is 450 g/mol. The lowest BCUT2D eigenvalue weighted by atomic mass is 9.98. The van der Waals surface area contributed by atoms with Gasteiger partial charge in [-0.25, -0.2) is 9.59 Å². The van der Waals surface area contributed by atoms with Crippen LogP contribution in [0, 0.1) is 0 Å². The maximum atomic E-state index is 12.2. The second-order valence-electron chi connectivity index (χ2n) is 7.26. The fourth-order valence-electron chi connectivity index (χ4n) is 3.79. The van der Waals surface area contributed by atoms with Crippen molar-refractivity contribution in [2.24, 2.45) is 0 Å². The highest BCUT2D eigenvalue weighted by Crippen LogP contribution is 2.44. The van der Waals surface area contributed by atoms with Crippen molar-refractivity contribution in [1.29, 1.82) is 0 Å². The molecule has 0 aromatic heterocycles. The van der Waals surface area contributed by atoms with Crippen molar-refractivity contribution in [1.82, 2.24) is 5.32 Å². The topological polar surface area (TPSA) is 105 Å². The molecule has 2 amide bonds. The number of carbonyl (C=O) groups excluding carboxylic acids is 2. The lowest BCUT2D eigenvalue weighted by molar-refractivity contribution is -0.115. The van der Waals surface area contributed by atoms with Gasteiger partial charge >= 0.3 is 12.1 Å². The molecule has 4 rings (SSSR count). The van der Waals surface area contributed by atoms with E-state index in [-0.39, 0.29) is 35.3 Å². The molecule has 7 nitrogen and oxygen atoms in total. The minimum absolute atomic E-state index is 0.0581. The number of hydrogen-bond acceptors (Lipinski definition) is 4. The lowest BCUT2D eigenvalue weighted by Crippen LogP contribution is -2.34. The molecule has 0 aliphatic heterocycles. The third-order valence-corrected chi connectivity index (χ3v) is 5.38. The second-order valence-corrected chi connectivity index (χ2v) is 7.70. The Hall–Kier alpha value is -3.84. The van der Waals surface area contributed by atoms with Crippen molar-refractivity contribution < 1.29 is 24.2 Å². The van der Waals surface area contributed by atoms with Gasteiger partial charge in [0, 0.05) is 16.6 Å². The molecule has 1 aliphatic rings. The summed E-state index contributed by atoms with van der Waals surface area (Å²) < 4.78 is 5.38. The number of carboxylic acid groups (broad SMARTS) is 1. The maximum absolute atomic E-state index is 12.2. The molecular formula is C24H19ClN2O5. The van der Waals surface area contributed by atoms with Gasteiger partial charge in [0.2, 0.25) is 5.91 Å². The Labute approximate surface area is 189 Å². The molecule has 0 saturated heterocycles. The van der Waals surface area contributed by atoms with Crippen LogP contribution in [-0.4, -0.2) is 36.2 Å². The molecule has 0 spiro atoms. The zero-order valence-corrected chi connectivity index (χ0v) is 17.6. The van der Waals surface area contributed by atoms with Crippen LogP contribution in [0.2, 0.25) is 5.02 Å². The van der Waals surface area contributed by atoms with Crippen LogP contribution >= 0.6 is 11.6 Å². The third kappa shape index (κ3) is 4.58. The summed E-state index contributed by atoms with van der Waals surface area (Å²) in [4.78, 5) is 35.4. The summed E-state index contributed by atoms with van der Waals surface area (Å²) in [7, 11) is 0. The Kier molecular flexibility index (Phi) is 6.09. The van der Waals surface area contributed by atoms with Crippen molar-refractivity contribution in [3.05, 3.63) is 88.4 Å². The van der Waals surface area contributed by atoms with E-state index in [0.717, 1.165) is 22.3 Å². The van der Waals surface area contributed by atoms with Gasteiger partial charge < -0.3 is 20.5 Å². The first-order chi connectivity index (χ1) is 15.4. The predicted octanol–water partition coefficient (Wildman–Crippen LogP) is 4.52. The van der Waals surface area contributed by atoms with Gasteiger partial charge in [-0.05, 0) is 40.5 Å². The van der Waals surface area contributed by atoms with Gasteiger partial charge in [0.15, 0.2) is 0 Å². The van der Waals surface area contributed by atoms with Crippen LogP contribution < -0.4 is 10.6 Å². The number of fused-ring (bicyclic) bond motifs is 3. The van der Waals surface area contributed by atoms with Crippen molar-refractivity contribution in [3.63, 3.8) is 0 Å². The molecule has 3 N–H and O–H groups in total.